The maximum absolute atomic E-state index is 9.44. The van der Waals surface area contributed by atoms with Gasteiger partial charge in [0.1, 0.15) is 0 Å². The van der Waals surface area contributed by atoms with E-state index in [1.165, 1.54) is 23.3 Å². The highest BCUT2D eigenvalue weighted by Crippen LogP contribution is 2.25. The highest BCUT2D eigenvalue weighted by molar-refractivity contribution is 5.35. The van der Waals surface area contributed by atoms with E-state index >= 15 is 0 Å². The molecule has 1 aliphatic rings. The summed E-state index contributed by atoms with van der Waals surface area (Å²) in [7, 11) is 0. The van der Waals surface area contributed by atoms with Gasteiger partial charge >= 0.3 is 0 Å². The van der Waals surface area contributed by atoms with Gasteiger partial charge in [-0.25, -0.2) is 4.68 Å². The lowest BCUT2D eigenvalue weighted by Gasteiger charge is -2.35. The third kappa shape index (κ3) is 4.83. The Kier molecular flexibility index (Phi) is 6.15. The van der Waals surface area contributed by atoms with Crippen LogP contribution in [0.4, 0.5) is 0 Å². The molecule has 3 aromatic rings. The van der Waals surface area contributed by atoms with Gasteiger partial charge in [0.2, 0.25) is 5.82 Å². The van der Waals surface area contributed by atoms with Crippen molar-refractivity contribution >= 4 is 0 Å². The van der Waals surface area contributed by atoms with E-state index in [1.807, 2.05) is 22.9 Å². The normalized spacial score (nSPS) is 20.2. The Morgan fingerprint density at radius 3 is 2.52 bits per heavy atom. The number of aromatic nitrogens is 4. The molecule has 0 spiro atoms. The van der Waals surface area contributed by atoms with Crippen LogP contribution in [-0.2, 0) is 12.0 Å². The number of nitrogens with one attached hydrogen (secondary N) is 1. The van der Waals surface area contributed by atoms with E-state index in [1.54, 1.807) is 0 Å². The van der Waals surface area contributed by atoms with Crippen LogP contribution >= 0.6 is 0 Å². The maximum Gasteiger partial charge on any atom is 0.214 e. The molecular weight excluding hydrogens is 384 g/mol. The van der Waals surface area contributed by atoms with E-state index in [-0.39, 0.29) is 11.6 Å². The van der Waals surface area contributed by atoms with Crippen molar-refractivity contribution in [2.75, 3.05) is 13.1 Å². The molecule has 0 amide bonds. The molecule has 6 nitrogen and oxygen atoms in total. The summed E-state index contributed by atoms with van der Waals surface area (Å²) in [6.45, 7) is 8.50. The van der Waals surface area contributed by atoms with Crippen LogP contribution < -0.4 is 4.90 Å². The lowest BCUT2D eigenvalue weighted by atomic mass is 9.88. The van der Waals surface area contributed by atoms with Crippen molar-refractivity contribution in [1.82, 2.24) is 20.2 Å². The van der Waals surface area contributed by atoms with E-state index in [9.17, 15) is 5.26 Å². The fourth-order valence-electron chi connectivity index (χ4n) is 4.70. The van der Waals surface area contributed by atoms with Gasteiger partial charge in [0.25, 0.3) is 0 Å². The predicted octanol–water partition coefficient (Wildman–Crippen LogP) is 2.93. The summed E-state index contributed by atoms with van der Waals surface area (Å²) in [5, 5.41) is 22.3. The first kappa shape index (κ1) is 21.2. The fraction of sp³-hybridized carbons (Fsp3) is 0.440. The van der Waals surface area contributed by atoms with Crippen LogP contribution in [0, 0.1) is 17.2 Å². The fourth-order valence-corrected chi connectivity index (χ4v) is 4.70. The summed E-state index contributed by atoms with van der Waals surface area (Å²) in [5.41, 5.74) is 2.99. The van der Waals surface area contributed by atoms with Crippen molar-refractivity contribution < 1.29 is 4.90 Å². The molecule has 0 unspecified atom stereocenters. The Morgan fingerprint density at radius 2 is 1.84 bits per heavy atom. The van der Waals surface area contributed by atoms with Gasteiger partial charge in [0, 0.05) is 5.56 Å². The summed E-state index contributed by atoms with van der Waals surface area (Å²) >= 11 is 0. The van der Waals surface area contributed by atoms with Gasteiger partial charge in [-0.05, 0) is 74.1 Å². The Labute approximate surface area is 184 Å². The third-order valence-corrected chi connectivity index (χ3v) is 6.26. The monoisotopic (exact) mass is 415 g/mol. The number of hydrogen-bond donors (Lipinski definition) is 1. The number of quaternary nitrogens is 1. The standard InChI is InChI=1S/C25H30N6/c1-25(2,3)31-24(27-28-29-31)23(22-11-7-10-21(17-22)18-26)30-14-12-20(13-15-30)16-19-8-5-4-6-9-19/h4-11,17,20,23H,12-16H2,1-3H3/p+1/t23-/m0/s1. The van der Waals surface area contributed by atoms with E-state index in [4.69, 9.17) is 0 Å². The number of benzene rings is 2. The van der Waals surface area contributed by atoms with Crippen LogP contribution in [-0.4, -0.2) is 33.3 Å². The average molecular weight is 416 g/mol. The summed E-state index contributed by atoms with van der Waals surface area (Å²) in [4.78, 5) is 1.47. The number of rotatable bonds is 5. The molecule has 1 atom stereocenters. The molecule has 0 radical (unpaired) electrons. The molecule has 160 valence electrons. The van der Waals surface area contributed by atoms with Gasteiger partial charge in [-0.2, -0.15) is 5.26 Å². The number of likely N-dealkylation sites (tertiary alicyclic amines) is 1. The van der Waals surface area contributed by atoms with Gasteiger partial charge in [0.15, 0.2) is 6.04 Å². The lowest BCUT2D eigenvalue weighted by Crippen LogP contribution is -3.13. The van der Waals surface area contributed by atoms with Crippen LogP contribution in [0.5, 0.6) is 0 Å². The zero-order chi connectivity index (χ0) is 21.8. The molecule has 6 heteroatoms. The minimum atomic E-state index is -0.213. The molecule has 4 rings (SSSR count). The minimum absolute atomic E-state index is 0.0141. The molecule has 2 heterocycles. The van der Waals surface area contributed by atoms with Crippen molar-refractivity contribution in [2.45, 2.75) is 51.6 Å². The summed E-state index contributed by atoms with van der Waals surface area (Å²) in [6.07, 6.45) is 3.49. The quantitative estimate of drug-likeness (QED) is 0.695. The highest BCUT2D eigenvalue weighted by Gasteiger charge is 2.36. The first-order valence-corrected chi connectivity index (χ1v) is 11.1. The van der Waals surface area contributed by atoms with Gasteiger partial charge < -0.3 is 4.90 Å². The van der Waals surface area contributed by atoms with Crippen LogP contribution in [0.1, 0.15) is 62.2 Å². The van der Waals surface area contributed by atoms with Gasteiger partial charge in [-0.1, -0.05) is 42.5 Å². The molecule has 1 fully saturated rings. The summed E-state index contributed by atoms with van der Waals surface area (Å²) in [6, 6.07) is 21.0. The first-order valence-electron chi connectivity index (χ1n) is 11.1. The molecule has 1 N–H and O–H groups in total. The van der Waals surface area contributed by atoms with Crippen molar-refractivity contribution in [1.29, 1.82) is 5.26 Å². The van der Waals surface area contributed by atoms with Crippen LogP contribution in [0.25, 0.3) is 0 Å². The Morgan fingerprint density at radius 1 is 1.10 bits per heavy atom. The average Bonchev–Trinajstić information content (AvgIpc) is 3.26. The second-order valence-corrected chi connectivity index (χ2v) is 9.58. The van der Waals surface area contributed by atoms with E-state index in [0.29, 0.717) is 11.5 Å². The number of nitriles is 1. The molecule has 1 saturated heterocycles. The zero-order valence-corrected chi connectivity index (χ0v) is 18.6. The van der Waals surface area contributed by atoms with Gasteiger partial charge in [0.05, 0.1) is 30.3 Å². The molecule has 1 aliphatic heterocycles. The van der Waals surface area contributed by atoms with Crippen molar-refractivity contribution in [3.05, 3.63) is 77.1 Å². The van der Waals surface area contributed by atoms with Crippen molar-refractivity contribution in [3.63, 3.8) is 0 Å². The van der Waals surface area contributed by atoms with E-state index in [0.717, 1.165) is 30.9 Å². The van der Waals surface area contributed by atoms with E-state index in [2.05, 4.69) is 78.8 Å². The van der Waals surface area contributed by atoms with Crippen LogP contribution in [0.15, 0.2) is 54.6 Å². The SMILES string of the molecule is CC(C)(C)n1nnnc1[C@H](c1cccc(C#N)c1)[NH+]1CCC(Cc2ccccc2)CC1. The largest absolute Gasteiger partial charge is 0.322 e. The Hall–Kier alpha value is -3.04. The topological polar surface area (TPSA) is 71.8 Å². The third-order valence-electron chi connectivity index (χ3n) is 6.26. The Bertz CT molecular complexity index is 1040. The summed E-state index contributed by atoms with van der Waals surface area (Å²) < 4.78 is 1.94. The highest BCUT2D eigenvalue weighted by atomic mass is 15.6. The summed E-state index contributed by atoms with van der Waals surface area (Å²) in [5.74, 6) is 1.58. The molecule has 0 aliphatic carbocycles. The number of hydrogen-bond acceptors (Lipinski definition) is 4. The minimum Gasteiger partial charge on any atom is -0.322 e. The van der Waals surface area contributed by atoms with Crippen molar-refractivity contribution in [2.24, 2.45) is 5.92 Å². The molecule has 1 aromatic heterocycles. The number of nitrogens with zero attached hydrogens (tertiary/aromatic N) is 5. The van der Waals surface area contributed by atoms with Crippen molar-refractivity contribution in [3.8, 4) is 6.07 Å². The van der Waals surface area contributed by atoms with Crippen LogP contribution in [0.2, 0.25) is 0 Å². The molecule has 31 heavy (non-hydrogen) atoms. The van der Waals surface area contributed by atoms with Gasteiger partial charge in [-0.3, -0.25) is 0 Å². The maximum atomic E-state index is 9.44. The smallest absolute Gasteiger partial charge is 0.214 e. The number of piperidine rings is 1. The number of tetrazole rings is 1. The molecule has 0 bridgehead atoms. The second kappa shape index (κ2) is 8.99. The predicted molar refractivity (Wildman–Crippen MR) is 119 cm³/mol. The first-order chi connectivity index (χ1) is 15.0. The Balaban J connectivity index is 1.60. The molecule has 2 aromatic carbocycles. The van der Waals surface area contributed by atoms with E-state index < -0.39 is 0 Å². The molecular formula is C25H31N6+. The van der Waals surface area contributed by atoms with Crippen LogP contribution in [0.3, 0.4) is 0 Å². The van der Waals surface area contributed by atoms with Gasteiger partial charge in [-0.15, -0.1) is 5.10 Å². The molecule has 0 saturated carbocycles. The lowest BCUT2D eigenvalue weighted by molar-refractivity contribution is -0.932. The second-order valence-electron chi connectivity index (χ2n) is 9.58. The zero-order valence-electron chi connectivity index (χ0n) is 18.6.